The van der Waals surface area contributed by atoms with Gasteiger partial charge in [0, 0.05) is 17.5 Å². The number of ketones is 1. The zero-order chi connectivity index (χ0) is 16.8. The molecule has 2 aromatic carbocycles. The van der Waals surface area contributed by atoms with Crippen LogP contribution < -0.4 is 0 Å². The minimum Gasteiger partial charge on any atom is -0.461 e. The minimum absolute atomic E-state index is 0.0918. The highest BCUT2D eigenvalue weighted by molar-refractivity contribution is 5.99. The second-order valence-corrected chi connectivity index (χ2v) is 5.27. The molecular formula is C18H16F2O3. The van der Waals surface area contributed by atoms with Crippen LogP contribution in [0.1, 0.15) is 29.3 Å². The third-order valence-electron chi connectivity index (χ3n) is 3.31. The quantitative estimate of drug-likeness (QED) is 0.599. The van der Waals surface area contributed by atoms with Crippen molar-refractivity contribution in [1.29, 1.82) is 0 Å². The molecule has 0 fully saturated rings. The van der Waals surface area contributed by atoms with Gasteiger partial charge in [0.15, 0.2) is 5.78 Å². The van der Waals surface area contributed by atoms with E-state index in [9.17, 15) is 18.4 Å². The Morgan fingerprint density at radius 3 is 2.26 bits per heavy atom. The third kappa shape index (κ3) is 4.98. The number of esters is 1. The van der Waals surface area contributed by atoms with Gasteiger partial charge >= 0.3 is 5.97 Å². The van der Waals surface area contributed by atoms with E-state index in [0.29, 0.717) is 6.07 Å². The molecule has 0 aliphatic heterocycles. The molecule has 0 N–H and O–H groups in total. The van der Waals surface area contributed by atoms with Crippen molar-refractivity contribution in [1.82, 2.24) is 0 Å². The Kier molecular flexibility index (Phi) is 5.57. The molecule has 0 aromatic heterocycles. The third-order valence-corrected chi connectivity index (χ3v) is 3.31. The van der Waals surface area contributed by atoms with Gasteiger partial charge in [0.25, 0.3) is 0 Å². The maximum atomic E-state index is 13.1. The van der Waals surface area contributed by atoms with Crippen LogP contribution in [-0.4, -0.2) is 11.8 Å². The molecule has 1 atom stereocenters. The van der Waals surface area contributed by atoms with Gasteiger partial charge in [-0.05, 0) is 17.7 Å². The minimum atomic E-state index is -0.827. The first kappa shape index (κ1) is 16.8. The average Bonchev–Trinajstić information content (AvgIpc) is 2.52. The monoisotopic (exact) mass is 318 g/mol. The maximum Gasteiger partial charge on any atom is 0.306 e. The fourth-order valence-electron chi connectivity index (χ4n) is 2.12. The van der Waals surface area contributed by atoms with E-state index >= 15 is 0 Å². The van der Waals surface area contributed by atoms with E-state index in [-0.39, 0.29) is 18.6 Å². The first-order chi connectivity index (χ1) is 11.0. The van der Waals surface area contributed by atoms with Gasteiger partial charge in [0.2, 0.25) is 0 Å². The van der Waals surface area contributed by atoms with E-state index in [1.807, 2.05) is 30.3 Å². The summed E-state index contributed by atoms with van der Waals surface area (Å²) in [5, 5.41) is 0. The molecule has 2 aromatic rings. The predicted octanol–water partition coefficient (Wildman–Crippen LogP) is 3.92. The Morgan fingerprint density at radius 2 is 1.65 bits per heavy atom. The molecule has 0 saturated carbocycles. The Hall–Kier alpha value is -2.56. The average molecular weight is 318 g/mol. The Balaban J connectivity index is 1.91. The summed E-state index contributed by atoms with van der Waals surface area (Å²) in [7, 11) is 0. The van der Waals surface area contributed by atoms with Crippen molar-refractivity contribution < 1.29 is 23.1 Å². The van der Waals surface area contributed by atoms with Crippen LogP contribution in [0.4, 0.5) is 8.78 Å². The summed E-state index contributed by atoms with van der Waals surface area (Å²) in [6.07, 6.45) is -0.149. The summed E-state index contributed by atoms with van der Waals surface area (Å²) in [5.41, 5.74) is 0.748. The van der Waals surface area contributed by atoms with Gasteiger partial charge in [-0.2, -0.15) is 0 Å². The first-order valence-electron chi connectivity index (χ1n) is 7.15. The second-order valence-electron chi connectivity index (χ2n) is 5.27. The number of hydrogen-bond acceptors (Lipinski definition) is 3. The molecule has 0 radical (unpaired) electrons. The highest BCUT2D eigenvalue weighted by Crippen LogP contribution is 2.16. The van der Waals surface area contributed by atoms with Gasteiger partial charge in [-0.1, -0.05) is 37.3 Å². The number of carbonyl (C=O) groups excluding carboxylic acids is 2. The van der Waals surface area contributed by atoms with Gasteiger partial charge < -0.3 is 4.74 Å². The van der Waals surface area contributed by atoms with E-state index < -0.39 is 29.3 Å². The van der Waals surface area contributed by atoms with Crippen molar-refractivity contribution in [3.8, 4) is 0 Å². The summed E-state index contributed by atoms with van der Waals surface area (Å²) in [4.78, 5) is 23.9. The van der Waals surface area contributed by atoms with Crippen LogP contribution in [0, 0.1) is 17.6 Å². The fourth-order valence-corrected chi connectivity index (χ4v) is 2.12. The van der Waals surface area contributed by atoms with Gasteiger partial charge in [0.05, 0.1) is 6.42 Å². The number of ether oxygens (including phenoxy) is 1. The lowest BCUT2D eigenvalue weighted by Crippen LogP contribution is -2.17. The van der Waals surface area contributed by atoms with E-state index in [2.05, 4.69) is 0 Å². The number of carbonyl (C=O) groups is 2. The Bertz CT molecular complexity index is 678. The molecular weight excluding hydrogens is 302 g/mol. The number of Topliss-reactive ketones (excluding diaryl/α,β-unsaturated/α-hetero) is 1. The molecule has 0 unspecified atom stereocenters. The Labute approximate surface area is 132 Å². The van der Waals surface area contributed by atoms with Crippen molar-refractivity contribution in [3.63, 3.8) is 0 Å². The summed E-state index contributed by atoms with van der Waals surface area (Å²) >= 11 is 0. The van der Waals surface area contributed by atoms with E-state index in [4.69, 9.17) is 4.74 Å². The van der Waals surface area contributed by atoms with Crippen LogP contribution in [0.3, 0.4) is 0 Å². The number of benzene rings is 2. The van der Waals surface area contributed by atoms with Crippen molar-refractivity contribution in [2.45, 2.75) is 20.0 Å². The molecule has 23 heavy (non-hydrogen) atoms. The van der Waals surface area contributed by atoms with Gasteiger partial charge in [-0.15, -0.1) is 0 Å². The van der Waals surface area contributed by atoms with E-state index in [0.717, 1.165) is 17.7 Å². The van der Waals surface area contributed by atoms with Crippen molar-refractivity contribution in [2.75, 3.05) is 0 Å². The zero-order valence-corrected chi connectivity index (χ0v) is 12.6. The van der Waals surface area contributed by atoms with Crippen molar-refractivity contribution in [3.05, 3.63) is 71.3 Å². The van der Waals surface area contributed by atoms with E-state index in [1.54, 1.807) is 0 Å². The molecule has 0 bridgehead atoms. The molecule has 0 spiro atoms. The molecule has 0 heterocycles. The number of halogens is 2. The van der Waals surface area contributed by atoms with Crippen LogP contribution in [0.15, 0.2) is 48.5 Å². The molecule has 120 valence electrons. The fraction of sp³-hybridized carbons (Fsp3) is 0.222. The van der Waals surface area contributed by atoms with Crippen LogP contribution in [0.2, 0.25) is 0 Å². The predicted molar refractivity (Wildman–Crippen MR) is 80.7 cm³/mol. The molecule has 0 aliphatic rings. The molecule has 0 saturated heterocycles. The molecule has 0 amide bonds. The summed E-state index contributed by atoms with van der Waals surface area (Å²) in [6.45, 7) is 1.64. The van der Waals surface area contributed by atoms with Crippen LogP contribution in [0.25, 0.3) is 0 Å². The molecule has 3 nitrogen and oxygen atoms in total. The summed E-state index contributed by atoms with van der Waals surface area (Å²) < 4.78 is 31.4. The van der Waals surface area contributed by atoms with Gasteiger partial charge in [-0.3, -0.25) is 9.59 Å². The molecule has 0 aliphatic carbocycles. The van der Waals surface area contributed by atoms with Crippen LogP contribution in [-0.2, 0) is 16.1 Å². The summed E-state index contributed by atoms with van der Waals surface area (Å²) in [6, 6.07) is 11.7. The lowest BCUT2D eigenvalue weighted by atomic mass is 9.96. The SMILES string of the molecule is C[C@H](CC(=O)OCc1ccccc1)C(=O)c1cc(F)cc(F)c1. The number of hydrogen-bond donors (Lipinski definition) is 0. The standard InChI is InChI=1S/C18H16F2O3/c1-12(18(22)14-8-15(19)10-16(20)9-14)7-17(21)23-11-13-5-3-2-4-6-13/h2-6,8-10,12H,7,11H2,1H3/t12-/m1/s1. The number of rotatable bonds is 6. The zero-order valence-electron chi connectivity index (χ0n) is 12.6. The molecule has 2 rings (SSSR count). The lowest BCUT2D eigenvalue weighted by Gasteiger charge is -2.11. The maximum absolute atomic E-state index is 13.1. The summed E-state index contributed by atoms with van der Waals surface area (Å²) in [5.74, 6) is -3.41. The molecule has 5 heteroatoms. The van der Waals surface area contributed by atoms with Crippen molar-refractivity contribution in [2.24, 2.45) is 5.92 Å². The highest BCUT2D eigenvalue weighted by atomic mass is 19.1. The topological polar surface area (TPSA) is 43.4 Å². The van der Waals surface area contributed by atoms with Gasteiger partial charge in [0.1, 0.15) is 18.2 Å². The normalized spacial score (nSPS) is 11.8. The largest absolute Gasteiger partial charge is 0.461 e. The van der Waals surface area contributed by atoms with Gasteiger partial charge in [-0.25, -0.2) is 8.78 Å². The second kappa shape index (κ2) is 7.63. The van der Waals surface area contributed by atoms with Crippen LogP contribution in [0.5, 0.6) is 0 Å². The van der Waals surface area contributed by atoms with Crippen molar-refractivity contribution >= 4 is 11.8 Å². The first-order valence-corrected chi connectivity index (χ1v) is 7.15. The highest BCUT2D eigenvalue weighted by Gasteiger charge is 2.20. The smallest absolute Gasteiger partial charge is 0.306 e. The van der Waals surface area contributed by atoms with E-state index in [1.165, 1.54) is 6.92 Å². The Morgan fingerprint density at radius 1 is 1.04 bits per heavy atom. The lowest BCUT2D eigenvalue weighted by molar-refractivity contribution is -0.145. The van der Waals surface area contributed by atoms with Crippen LogP contribution >= 0.6 is 0 Å².